The average Bonchev–Trinajstić information content (AvgIpc) is 3.08. The zero-order valence-corrected chi connectivity index (χ0v) is 15.7. The van der Waals surface area contributed by atoms with E-state index in [0.717, 1.165) is 5.52 Å². The van der Waals surface area contributed by atoms with E-state index in [1.54, 1.807) is 27.1 Å². The smallest absolute Gasteiger partial charge is 0.320 e. The molecule has 0 aliphatic carbocycles. The number of esters is 1. The van der Waals surface area contributed by atoms with Crippen molar-refractivity contribution in [2.45, 2.75) is 13.5 Å². The van der Waals surface area contributed by atoms with E-state index >= 15 is 0 Å². The maximum atomic E-state index is 12.5. The van der Waals surface area contributed by atoms with Crippen LogP contribution in [0.1, 0.15) is 12.7 Å². The van der Waals surface area contributed by atoms with Crippen LogP contribution in [-0.2, 0) is 27.9 Å². The Labute approximate surface area is 156 Å². The number of carbonyl (C=O) groups is 1. The van der Waals surface area contributed by atoms with Gasteiger partial charge >= 0.3 is 5.97 Å². The van der Waals surface area contributed by atoms with Gasteiger partial charge in [0.2, 0.25) is 5.78 Å². The van der Waals surface area contributed by atoms with Crippen molar-refractivity contribution in [2.24, 2.45) is 7.05 Å². The van der Waals surface area contributed by atoms with Gasteiger partial charge in [-0.15, -0.1) is 10.2 Å². The van der Waals surface area contributed by atoms with Crippen molar-refractivity contribution in [1.82, 2.24) is 24.1 Å². The number of ether oxygens (including phenoxy) is 2. The Hall–Kier alpha value is -2.78. The molecular weight excluding hydrogens is 350 g/mol. The molecule has 0 N–H and O–H groups in total. The zero-order valence-electron chi connectivity index (χ0n) is 15.7. The Balaban J connectivity index is 2.02. The van der Waals surface area contributed by atoms with Crippen LogP contribution in [0.25, 0.3) is 16.7 Å². The minimum atomic E-state index is -0.306. The number of hydrogen-bond acceptors (Lipinski definition) is 7. The van der Waals surface area contributed by atoms with Crippen molar-refractivity contribution < 1.29 is 14.3 Å². The van der Waals surface area contributed by atoms with Gasteiger partial charge in [0, 0.05) is 20.7 Å². The van der Waals surface area contributed by atoms with E-state index in [1.165, 1.54) is 4.57 Å². The predicted octanol–water partition coefficient (Wildman–Crippen LogP) is 0.593. The quantitative estimate of drug-likeness (QED) is 0.534. The number of rotatable bonds is 8. The molecule has 0 bridgehead atoms. The van der Waals surface area contributed by atoms with Crippen molar-refractivity contribution in [3.8, 4) is 0 Å². The fourth-order valence-corrected chi connectivity index (χ4v) is 3.02. The molecule has 3 rings (SSSR count). The molecule has 3 aromatic rings. The number of para-hydroxylation sites is 1. The molecule has 1 aromatic carbocycles. The lowest BCUT2D eigenvalue weighted by molar-refractivity contribution is -0.144. The van der Waals surface area contributed by atoms with E-state index in [1.807, 2.05) is 27.5 Å². The first-order chi connectivity index (χ1) is 13.1. The highest BCUT2D eigenvalue weighted by atomic mass is 16.5. The standard InChI is InChI=1S/C18H23N5O4/c1-4-27-16(24)12-22(9-10-26-3)11-15-19-20-18-21(2)17(25)13-7-5-6-8-14(13)23(15)18/h5-8H,4,9-12H2,1-3H3. The number of carbonyl (C=O) groups excluding carboxylic acids is 1. The van der Waals surface area contributed by atoms with Gasteiger partial charge in [-0.05, 0) is 19.1 Å². The lowest BCUT2D eigenvalue weighted by atomic mass is 10.2. The first kappa shape index (κ1) is 19.0. The number of nitrogens with zero attached hydrogens (tertiary/aromatic N) is 5. The average molecular weight is 373 g/mol. The number of aromatic nitrogens is 4. The molecule has 0 unspecified atom stereocenters. The lowest BCUT2D eigenvalue weighted by Crippen LogP contribution is -2.34. The Morgan fingerprint density at radius 1 is 1.26 bits per heavy atom. The van der Waals surface area contributed by atoms with Crippen molar-refractivity contribution in [3.05, 3.63) is 40.4 Å². The van der Waals surface area contributed by atoms with Crippen LogP contribution in [0.4, 0.5) is 0 Å². The van der Waals surface area contributed by atoms with Gasteiger partial charge in [0.15, 0.2) is 5.82 Å². The van der Waals surface area contributed by atoms with Crippen molar-refractivity contribution in [2.75, 3.05) is 33.4 Å². The van der Waals surface area contributed by atoms with Gasteiger partial charge in [0.05, 0.1) is 37.2 Å². The number of methoxy groups -OCH3 is 1. The summed E-state index contributed by atoms with van der Waals surface area (Å²) in [7, 11) is 3.28. The van der Waals surface area contributed by atoms with Crippen LogP contribution in [0.2, 0.25) is 0 Å². The van der Waals surface area contributed by atoms with Crippen LogP contribution in [0.5, 0.6) is 0 Å². The minimum Gasteiger partial charge on any atom is -0.465 e. The summed E-state index contributed by atoms with van der Waals surface area (Å²) in [6.07, 6.45) is 0. The van der Waals surface area contributed by atoms with E-state index in [9.17, 15) is 9.59 Å². The van der Waals surface area contributed by atoms with Crippen molar-refractivity contribution >= 4 is 22.6 Å². The molecule has 0 aliphatic rings. The van der Waals surface area contributed by atoms with Crippen LogP contribution < -0.4 is 5.56 Å². The third kappa shape index (κ3) is 3.83. The number of hydrogen-bond donors (Lipinski definition) is 0. The van der Waals surface area contributed by atoms with Crippen LogP contribution in [0.15, 0.2) is 29.1 Å². The second-order valence-electron chi connectivity index (χ2n) is 6.14. The molecule has 0 atom stereocenters. The zero-order chi connectivity index (χ0) is 19.4. The first-order valence-corrected chi connectivity index (χ1v) is 8.75. The molecule has 0 fully saturated rings. The molecule has 0 amide bonds. The maximum absolute atomic E-state index is 12.5. The molecule has 9 heteroatoms. The third-order valence-electron chi connectivity index (χ3n) is 4.33. The topological polar surface area (TPSA) is 91.0 Å². The molecule has 0 saturated carbocycles. The number of fused-ring (bicyclic) bond motifs is 3. The first-order valence-electron chi connectivity index (χ1n) is 8.75. The van der Waals surface area contributed by atoms with E-state index in [0.29, 0.717) is 43.3 Å². The SMILES string of the molecule is CCOC(=O)CN(CCOC)Cc1nnc2n(C)c(=O)c3ccccc3n12. The Kier molecular flexibility index (Phi) is 5.82. The summed E-state index contributed by atoms with van der Waals surface area (Å²) in [5.74, 6) is 0.786. The Morgan fingerprint density at radius 2 is 2.04 bits per heavy atom. The maximum Gasteiger partial charge on any atom is 0.320 e. The highest BCUT2D eigenvalue weighted by Crippen LogP contribution is 2.15. The summed E-state index contributed by atoms with van der Waals surface area (Å²) in [4.78, 5) is 26.3. The van der Waals surface area contributed by atoms with Gasteiger partial charge in [0.25, 0.3) is 5.56 Å². The molecule has 9 nitrogen and oxygen atoms in total. The van der Waals surface area contributed by atoms with Crippen LogP contribution in [-0.4, -0.2) is 63.4 Å². The fraction of sp³-hybridized carbons (Fsp3) is 0.444. The summed E-state index contributed by atoms with van der Waals surface area (Å²) in [5.41, 5.74) is 0.609. The van der Waals surface area contributed by atoms with Gasteiger partial charge in [-0.1, -0.05) is 12.1 Å². The number of aryl methyl sites for hydroxylation is 1. The summed E-state index contributed by atoms with van der Waals surface area (Å²) in [5, 5.41) is 9.03. The monoisotopic (exact) mass is 373 g/mol. The van der Waals surface area contributed by atoms with Gasteiger partial charge in [0.1, 0.15) is 0 Å². The molecule has 0 aliphatic heterocycles. The highest BCUT2D eigenvalue weighted by Gasteiger charge is 2.18. The molecule has 0 spiro atoms. The second-order valence-corrected chi connectivity index (χ2v) is 6.14. The molecule has 144 valence electrons. The van der Waals surface area contributed by atoms with Crippen LogP contribution in [0, 0.1) is 0 Å². The number of benzene rings is 1. The summed E-state index contributed by atoms with van der Waals surface area (Å²) >= 11 is 0. The van der Waals surface area contributed by atoms with Gasteiger partial charge in [-0.2, -0.15) is 0 Å². The van der Waals surface area contributed by atoms with E-state index in [-0.39, 0.29) is 18.1 Å². The fourth-order valence-electron chi connectivity index (χ4n) is 3.02. The summed E-state index contributed by atoms with van der Waals surface area (Å²) in [6, 6.07) is 7.33. The Bertz CT molecular complexity index is 1010. The summed E-state index contributed by atoms with van der Waals surface area (Å²) in [6.45, 7) is 3.60. The summed E-state index contributed by atoms with van der Waals surface area (Å²) < 4.78 is 13.5. The van der Waals surface area contributed by atoms with E-state index in [4.69, 9.17) is 9.47 Å². The molecule has 2 aromatic heterocycles. The lowest BCUT2D eigenvalue weighted by Gasteiger charge is -2.20. The Morgan fingerprint density at radius 3 is 2.78 bits per heavy atom. The third-order valence-corrected chi connectivity index (χ3v) is 4.33. The van der Waals surface area contributed by atoms with Gasteiger partial charge in [-0.25, -0.2) is 0 Å². The molecule has 27 heavy (non-hydrogen) atoms. The van der Waals surface area contributed by atoms with Crippen LogP contribution >= 0.6 is 0 Å². The second kappa shape index (κ2) is 8.28. The molecule has 2 heterocycles. The van der Waals surface area contributed by atoms with Crippen molar-refractivity contribution in [1.29, 1.82) is 0 Å². The van der Waals surface area contributed by atoms with Crippen LogP contribution in [0.3, 0.4) is 0 Å². The van der Waals surface area contributed by atoms with Gasteiger partial charge in [-0.3, -0.25) is 23.5 Å². The normalized spacial score (nSPS) is 11.6. The highest BCUT2D eigenvalue weighted by molar-refractivity contribution is 5.80. The van der Waals surface area contributed by atoms with Crippen molar-refractivity contribution in [3.63, 3.8) is 0 Å². The van der Waals surface area contributed by atoms with E-state index in [2.05, 4.69) is 10.2 Å². The minimum absolute atomic E-state index is 0.121. The predicted molar refractivity (Wildman–Crippen MR) is 99.5 cm³/mol. The van der Waals surface area contributed by atoms with Gasteiger partial charge < -0.3 is 9.47 Å². The molecule has 0 radical (unpaired) electrons. The largest absolute Gasteiger partial charge is 0.465 e. The molecule has 0 saturated heterocycles. The van der Waals surface area contributed by atoms with E-state index < -0.39 is 0 Å². The molecular formula is C18H23N5O4.